The molecule has 2 unspecified atom stereocenters. The molecule has 9 nitrogen and oxygen atoms in total. The van der Waals surface area contributed by atoms with Gasteiger partial charge in [0.15, 0.2) is 5.82 Å². The quantitative estimate of drug-likeness (QED) is 0.225. The monoisotopic (exact) mass is 724 g/mol. The van der Waals surface area contributed by atoms with Crippen LogP contribution < -0.4 is 15.0 Å². The van der Waals surface area contributed by atoms with Gasteiger partial charge in [0, 0.05) is 73.5 Å². The highest BCUT2D eigenvalue weighted by atomic mass is 19.1. The number of rotatable bonds is 7. The van der Waals surface area contributed by atoms with Crippen LogP contribution in [-0.4, -0.2) is 95.3 Å². The molecule has 4 saturated heterocycles. The van der Waals surface area contributed by atoms with Crippen molar-refractivity contribution in [3.8, 4) is 35.2 Å². The summed E-state index contributed by atoms with van der Waals surface area (Å²) >= 11 is 0. The number of likely N-dealkylation sites (tertiary alicyclic amines) is 2. The largest absolute Gasteiger partial charge is 0.508 e. The van der Waals surface area contributed by atoms with Crippen LogP contribution in [0.2, 0.25) is 0 Å². The van der Waals surface area contributed by atoms with Gasteiger partial charge in [-0.05, 0) is 93.1 Å². The lowest BCUT2D eigenvalue weighted by Gasteiger charge is -2.40. The smallest absolute Gasteiger partial charge is 0.319 e. The molecular formula is C41H43F3N6O3. The van der Waals surface area contributed by atoms with Crippen LogP contribution in [-0.2, 0) is 4.79 Å². The first-order valence-electron chi connectivity index (χ1n) is 18.8. The summed E-state index contributed by atoms with van der Waals surface area (Å²) in [5, 5.41) is 14.9. The van der Waals surface area contributed by atoms with E-state index in [1.165, 1.54) is 30.3 Å². The summed E-state index contributed by atoms with van der Waals surface area (Å²) in [6, 6.07) is 6.90. The number of piperidine rings is 1. The fraction of sp³-hybridized carbons (Fsp3) is 0.488. The number of halogens is 3. The Labute approximate surface area is 306 Å². The third-order valence-electron chi connectivity index (χ3n) is 12.6. The normalized spacial score (nSPS) is 23.2. The van der Waals surface area contributed by atoms with Gasteiger partial charge in [0.05, 0.1) is 17.7 Å². The van der Waals surface area contributed by atoms with E-state index in [0.717, 1.165) is 77.7 Å². The highest BCUT2D eigenvalue weighted by molar-refractivity contribution is 6.04. The van der Waals surface area contributed by atoms with E-state index in [9.17, 15) is 14.3 Å². The van der Waals surface area contributed by atoms with E-state index in [1.807, 2.05) is 4.90 Å². The predicted molar refractivity (Wildman–Crippen MR) is 196 cm³/mol. The number of nitrogens with one attached hydrogen (secondary N) is 1. The molecule has 2 bridgehead atoms. The molecule has 276 valence electrons. The molecule has 9 rings (SSSR count). The number of aromatic nitrogens is 2. The lowest BCUT2D eigenvalue weighted by molar-refractivity contribution is -0.128. The molecule has 1 aliphatic carbocycles. The minimum Gasteiger partial charge on any atom is -0.508 e. The predicted octanol–water partition coefficient (Wildman–Crippen LogP) is 5.99. The van der Waals surface area contributed by atoms with Gasteiger partial charge in [-0.25, -0.2) is 13.2 Å². The second kappa shape index (κ2) is 12.8. The Balaban J connectivity index is 1.04. The molecule has 1 saturated carbocycles. The standard InChI is InChI=1S/C41H43F3N6O3/c1-3-29-32(42)7-4-25-16-28(52)17-30(34(25)29)35-33(43)18-31-37(36(35)44)46-39(47-38(31)50-19-26-5-6-27(20-50)45-26)53-23-41(8-9-41)21-48-13-10-40(11-14-48)12-15-49(22-40)24(2)51/h1,4,7,16-18,26-27,45,52H,5-6,8-15,19-23H2,2H3. The molecular weight excluding hydrogens is 681 g/mol. The molecule has 53 heavy (non-hydrogen) atoms. The summed E-state index contributed by atoms with van der Waals surface area (Å²) < 4.78 is 54.7. The van der Waals surface area contributed by atoms with E-state index in [4.69, 9.17) is 16.1 Å². The maximum atomic E-state index is 17.0. The van der Waals surface area contributed by atoms with Crippen LogP contribution in [0, 0.1) is 40.6 Å². The summed E-state index contributed by atoms with van der Waals surface area (Å²) in [5.41, 5.74) is -0.658. The molecule has 4 aliphatic heterocycles. The van der Waals surface area contributed by atoms with Gasteiger partial charge in [-0.1, -0.05) is 12.0 Å². The van der Waals surface area contributed by atoms with Gasteiger partial charge in [-0.2, -0.15) is 9.97 Å². The number of phenolic OH excluding ortho intramolecular Hbond substituents is 1. The van der Waals surface area contributed by atoms with Crippen LogP contribution in [0.1, 0.15) is 57.4 Å². The number of benzene rings is 3. The van der Waals surface area contributed by atoms with Crippen LogP contribution in [0.4, 0.5) is 19.0 Å². The zero-order valence-corrected chi connectivity index (χ0v) is 29.9. The van der Waals surface area contributed by atoms with Crippen molar-refractivity contribution in [2.75, 3.05) is 57.3 Å². The van der Waals surface area contributed by atoms with Gasteiger partial charge in [-0.3, -0.25) is 4.79 Å². The zero-order valence-electron chi connectivity index (χ0n) is 29.9. The molecule has 0 radical (unpaired) electrons. The SMILES string of the molecule is C#Cc1c(F)ccc2cc(O)cc(-c3c(F)cc4c(N5CC6CCC(C5)N6)nc(OCC5(CN6CCC7(CC6)CCN(C(C)=O)C7)CC5)nc4c3F)c12. The highest BCUT2D eigenvalue weighted by Crippen LogP contribution is 2.49. The number of terminal acetylenes is 1. The summed E-state index contributed by atoms with van der Waals surface area (Å²) in [4.78, 5) is 27.9. The van der Waals surface area contributed by atoms with Crippen LogP contribution in [0.15, 0.2) is 30.3 Å². The number of piperazine rings is 1. The molecule has 1 spiro atoms. The average Bonchev–Trinajstić information content (AvgIpc) is 3.64. The number of phenols is 1. The molecule has 1 amide bonds. The van der Waals surface area contributed by atoms with Crippen LogP contribution in [0.5, 0.6) is 11.8 Å². The van der Waals surface area contributed by atoms with Gasteiger partial charge in [0.2, 0.25) is 5.91 Å². The van der Waals surface area contributed by atoms with E-state index in [-0.39, 0.29) is 68.0 Å². The Bertz CT molecular complexity index is 2180. The van der Waals surface area contributed by atoms with Crippen molar-refractivity contribution in [3.63, 3.8) is 0 Å². The van der Waals surface area contributed by atoms with E-state index in [0.29, 0.717) is 30.9 Å². The van der Waals surface area contributed by atoms with Crippen molar-refractivity contribution in [2.45, 2.75) is 64.0 Å². The number of hydrogen-bond donors (Lipinski definition) is 2. The van der Waals surface area contributed by atoms with Crippen LogP contribution in [0.25, 0.3) is 32.8 Å². The molecule has 5 fully saturated rings. The minimum absolute atomic E-state index is 0.0186. The summed E-state index contributed by atoms with van der Waals surface area (Å²) in [6.07, 6.45) is 12.9. The third kappa shape index (κ3) is 6.11. The summed E-state index contributed by atoms with van der Waals surface area (Å²) in [7, 11) is 0. The molecule has 2 N–H and O–H groups in total. The van der Waals surface area contributed by atoms with Gasteiger partial charge in [-0.15, -0.1) is 6.42 Å². The van der Waals surface area contributed by atoms with Gasteiger partial charge in [0.25, 0.3) is 0 Å². The molecule has 4 aromatic rings. The average molecular weight is 725 g/mol. The lowest BCUT2D eigenvalue weighted by Crippen LogP contribution is -2.51. The maximum Gasteiger partial charge on any atom is 0.319 e. The van der Waals surface area contributed by atoms with Crippen LogP contribution >= 0.6 is 0 Å². The van der Waals surface area contributed by atoms with Crippen LogP contribution in [0.3, 0.4) is 0 Å². The van der Waals surface area contributed by atoms with E-state index >= 15 is 8.78 Å². The Kier molecular flexibility index (Phi) is 8.24. The summed E-state index contributed by atoms with van der Waals surface area (Å²) in [6.45, 7) is 7.80. The topological polar surface area (TPSA) is 94.1 Å². The minimum atomic E-state index is -0.968. The molecule has 1 aromatic heterocycles. The number of carbonyl (C=O) groups excluding carboxylic acids is 1. The zero-order chi connectivity index (χ0) is 36.6. The van der Waals surface area contributed by atoms with Crippen molar-refractivity contribution < 1.29 is 27.8 Å². The van der Waals surface area contributed by atoms with E-state index < -0.39 is 23.0 Å². The first kappa shape index (κ1) is 34.2. The van der Waals surface area contributed by atoms with Gasteiger partial charge in [0.1, 0.15) is 28.7 Å². The Morgan fingerprint density at radius 1 is 1.02 bits per heavy atom. The third-order valence-corrected chi connectivity index (χ3v) is 12.6. The number of anilines is 1. The Morgan fingerprint density at radius 2 is 1.75 bits per heavy atom. The molecule has 5 heterocycles. The second-order valence-corrected chi connectivity index (χ2v) is 16.2. The fourth-order valence-electron chi connectivity index (χ4n) is 9.46. The number of ether oxygens (including phenoxy) is 1. The van der Waals surface area contributed by atoms with Crippen molar-refractivity contribution in [3.05, 3.63) is 53.3 Å². The van der Waals surface area contributed by atoms with Crippen molar-refractivity contribution in [1.29, 1.82) is 0 Å². The van der Waals surface area contributed by atoms with Gasteiger partial charge >= 0.3 is 6.01 Å². The number of hydrogen-bond acceptors (Lipinski definition) is 8. The number of fused-ring (bicyclic) bond motifs is 4. The van der Waals surface area contributed by atoms with E-state index in [2.05, 4.69) is 26.0 Å². The second-order valence-electron chi connectivity index (χ2n) is 16.2. The van der Waals surface area contributed by atoms with Gasteiger partial charge < -0.3 is 29.9 Å². The molecule has 3 aromatic carbocycles. The first-order chi connectivity index (χ1) is 25.5. The number of aromatic hydroxyl groups is 1. The van der Waals surface area contributed by atoms with Crippen molar-refractivity contribution >= 4 is 33.4 Å². The Hall–Kier alpha value is -4.60. The number of amides is 1. The highest BCUT2D eigenvalue weighted by Gasteiger charge is 2.48. The number of carbonyl (C=O) groups is 1. The summed E-state index contributed by atoms with van der Waals surface area (Å²) in [5.74, 6) is 0.0627. The van der Waals surface area contributed by atoms with E-state index in [1.54, 1.807) is 6.92 Å². The fourth-order valence-corrected chi connectivity index (χ4v) is 9.46. The maximum absolute atomic E-state index is 17.0. The van der Waals surface area contributed by atoms with Crippen molar-refractivity contribution in [1.82, 2.24) is 25.1 Å². The molecule has 5 aliphatic rings. The Morgan fingerprint density at radius 3 is 2.43 bits per heavy atom. The van der Waals surface area contributed by atoms with Crippen molar-refractivity contribution in [2.24, 2.45) is 10.8 Å². The lowest BCUT2D eigenvalue weighted by atomic mass is 9.77. The molecule has 12 heteroatoms. The first-order valence-corrected chi connectivity index (χ1v) is 18.8. The molecule has 2 atom stereocenters. The number of nitrogens with zero attached hydrogens (tertiary/aromatic N) is 5.